The first kappa shape index (κ1) is 23.9. The van der Waals surface area contributed by atoms with Crippen LogP contribution in [0, 0.1) is 5.82 Å². The van der Waals surface area contributed by atoms with Crippen molar-refractivity contribution < 1.29 is 13.9 Å². The molecule has 1 fully saturated rings. The monoisotopic (exact) mass is 480 g/mol. The fourth-order valence-corrected chi connectivity index (χ4v) is 3.71. The predicted octanol–water partition coefficient (Wildman–Crippen LogP) is 2.56. The van der Waals surface area contributed by atoms with E-state index in [-0.39, 0.29) is 29.0 Å². The maximum Gasteiger partial charge on any atom is 0.240 e. The average Bonchev–Trinajstić information content (AvgIpc) is 2.72. The van der Waals surface area contributed by atoms with E-state index < -0.39 is 11.4 Å². The zero-order chi connectivity index (χ0) is 22.0. The Bertz CT molecular complexity index is 1140. The predicted molar refractivity (Wildman–Crippen MR) is 125 cm³/mol. The number of primary amides is 1. The number of fused-ring (bicyclic) bond motifs is 1. The molecule has 170 valence electrons. The molecule has 0 saturated carbocycles. The quantitative estimate of drug-likeness (QED) is 0.391. The Hall–Kier alpha value is -2.72. The first-order valence-electron chi connectivity index (χ1n) is 9.72. The van der Waals surface area contributed by atoms with Crippen LogP contribution in [0.1, 0.15) is 5.56 Å². The van der Waals surface area contributed by atoms with Crippen molar-refractivity contribution in [3.63, 3.8) is 0 Å². The van der Waals surface area contributed by atoms with Crippen LogP contribution in [0.3, 0.4) is 0 Å². The van der Waals surface area contributed by atoms with Crippen molar-refractivity contribution in [1.82, 2.24) is 20.6 Å². The van der Waals surface area contributed by atoms with Gasteiger partial charge in [-0.25, -0.2) is 14.4 Å². The maximum atomic E-state index is 14.4. The normalized spacial score (nSPS) is 14.3. The lowest BCUT2D eigenvalue weighted by atomic mass is 9.91. The summed E-state index contributed by atoms with van der Waals surface area (Å²) >= 11 is 5.89. The molecule has 1 saturated heterocycles. The second kappa shape index (κ2) is 9.83. The molecule has 2 heterocycles. The van der Waals surface area contributed by atoms with Gasteiger partial charge in [-0.3, -0.25) is 4.79 Å². The van der Waals surface area contributed by atoms with Crippen LogP contribution in [-0.2, 0) is 11.2 Å². The van der Waals surface area contributed by atoms with E-state index in [1.807, 2.05) is 6.07 Å². The summed E-state index contributed by atoms with van der Waals surface area (Å²) in [6.07, 6.45) is 1.97. The Morgan fingerprint density at radius 2 is 2.12 bits per heavy atom. The number of ether oxygens (including phenoxy) is 1. The summed E-state index contributed by atoms with van der Waals surface area (Å²) in [5.74, 6) is 0.174. The van der Waals surface area contributed by atoms with E-state index in [9.17, 15) is 9.18 Å². The fourth-order valence-electron chi connectivity index (χ4n) is 3.54. The molecule has 32 heavy (non-hydrogen) atoms. The molecule has 5 N–H and O–H groups in total. The topological polar surface area (TPSA) is 114 Å². The smallest absolute Gasteiger partial charge is 0.240 e. The molecule has 0 bridgehead atoms. The van der Waals surface area contributed by atoms with Crippen molar-refractivity contribution >= 4 is 52.3 Å². The number of rotatable bonds is 8. The van der Waals surface area contributed by atoms with Crippen molar-refractivity contribution in [2.75, 3.05) is 32.1 Å². The van der Waals surface area contributed by atoms with Crippen molar-refractivity contribution in [2.45, 2.75) is 12.0 Å². The fraction of sp³-hybridized carbons (Fsp3) is 0.286. The Kier molecular flexibility index (Phi) is 7.35. The molecule has 4 rings (SSSR count). The van der Waals surface area contributed by atoms with Gasteiger partial charge in [0.05, 0.1) is 23.3 Å². The van der Waals surface area contributed by atoms with E-state index in [1.165, 1.54) is 12.4 Å². The van der Waals surface area contributed by atoms with Crippen molar-refractivity contribution in [1.29, 1.82) is 0 Å². The number of hydrogen-bond acceptors (Lipinski definition) is 7. The lowest BCUT2D eigenvalue weighted by Gasteiger charge is -2.40. The summed E-state index contributed by atoms with van der Waals surface area (Å²) in [5.41, 5.74) is 6.56. The molecule has 0 aliphatic carbocycles. The van der Waals surface area contributed by atoms with Crippen LogP contribution in [0.15, 0.2) is 36.7 Å². The Morgan fingerprint density at radius 1 is 1.34 bits per heavy atom. The van der Waals surface area contributed by atoms with E-state index in [4.69, 9.17) is 22.1 Å². The molecule has 0 atom stereocenters. The number of nitrogens with zero attached hydrogens (tertiary/aromatic N) is 2. The molecule has 3 aromatic rings. The third-order valence-electron chi connectivity index (χ3n) is 5.43. The van der Waals surface area contributed by atoms with E-state index in [1.54, 1.807) is 25.3 Å². The van der Waals surface area contributed by atoms with Gasteiger partial charge in [0.1, 0.15) is 23.4 Å². The molecule has 11 heteroatoms. The molecular formula is C21H23Cl2FN6O2. The molecule has 0 unspecified atom stereocenters. The number of aromatic nitrogens is 2. The SMILES string of the molecule is COc1cc2ncnc(Nc3cccc(Cl)c3F)c2cc1CCNC1(C(N)=O)CNC1.Cl. The average molecular weight is 481 g/mol. The number of nitrogens with one attached hydrogen (secondary N) is 3. The van der Waals surface area contributed by atoms with Crippen LogP contribution < -0.4 is 26.4 Å². The van der Waals surface area contributed by atoms with Crippen molar-refractivity contribution in [3.05, 3.63) is 53.1 Å². The number of methoxy groups -OCH3 is 1. The molecule has 0 spiro atoms. The lowest BCUT2D eigenvalue weighted by Crippen LogP contribution is -2.74. The summed E-state index contributed by atoms with van der Waals surface area (Å²) in [6, 6.07) is 8.42. The number of carbonyl (C=O) groups is 1. The van der Waals surface area contributed by atoms with Crippen molar-refractivity contribution in [2.24, 2.45) is 5.73 Å². The number of carbonyl (C=O) groups excluding carboxylic acids is 1. The highest BCUT2D eigenvalue weighted by Gasteiger charge is 2.42. The second-order valence-electron chi connectivity index (χ2n) is 7.36. The van der Waals surface area contributed by atoms with Crippen LogP contribution in [0.5, 0.6) is 5.75 Å². The van der Waals surface area contributed by atoms with Gasteiger partial charge in [-0.15, -0.1) is 12.4 Å². The third-order valence-corrected chi connectivity index (χ3v) is 5.72. The number of nitrogens with two attached hydrogens (primary N) is 1. The van der Waals surface area contributed by atoms with Crippen LogP contribution in [-0.4, -0.2) is 48.2 Å². The molecule has 1 aliphatic rings. The Labute approximate surface area is 195 Å². The van der Waals surface area contributed by atoms with Gasteiger partial charge in [0.25, 0.3) is 0 Å². The minimum absolute atomic E-state index is 0. The molecule has 1 aromatic heterocycles. The number of anilines is 2. The third kappa shape index (κ3) is 4.56. The van der Waals surface area contributed by atoms with Crippen LogP contribution in [0.2, 0.25) is 5.02 Å². The van der Waals surface area contributed by atoms with E-state index in [0.29, 0.717) is 48.5 Å². The van der Waals surface area contributed by atoms with Crippen molar-refractivity contribution in [3.8, 4) is 5.75 Å². The molecular weight excluding hydrogens is 458 g/mol. The molecule has 0 radical (unpaired) electrons. The number of halogens is 3. The Morgan fingerprint density at radius 3 is 2.78 bits per heavy atom. The lowest BCUT2D eigenvalue weighted by molar-refractivity contribution is -0.126. The van der Waals surface area contributed by atoms with Gasteiger partial charge in [-0.05, 0) is 30.2 Å². The van der Waals surface area contributed by atoms with Gasteiger partial charge in [0, 0.05) is 31.1 Å². The summed E-state index contributed by atoms with van der Waals surface area (Å²) in [7, 11) is 1.58. The summed E-state index contributed by atoms with van der Waals surface area (Å²) in [6.45, 7) is 1.53. The number of hydrogen-bond donors (Lipinski definition) is 4. The van der Waals surface area contributed by atoms with Crippen LogP contribution in [0.25, 0.3) is 10.9 Å². The zero-order valence-corrected chi connectivity index (χ0v) is 18.8. The first-order chi connectivity index (χ1) is 14.9. The van der Waals surface area contributed by atoms with Crippen LogP contribution in [0.4, 0.5) is 15.9 Å². The molecule has 1 aliphatic heterocycles. The van der Waals surface area contributed by atoms with Gasteiger partial charge in [0.15, 0.2) is 5.82 Å². The highest BCUT2D eigenvalue weighted by molar-refractivity contribution is 6.31. The standard InChI is InChI=1S/C21H22ClFN6O2.ClH/c1-31-17-8-16-13(7-12(17)5-6-28-21(20(24)30)9-25-10-21)19(27-11-26-16)29-15-4-2-3-14(22)18(15)23;/h2-4,7-8,11,25,28H,5-6,9-10H2,1H3,(H2,24,30)(H,26,27,29);1H. The zero-order valence-electron chi connectivity index (χ0n) is 17.2. The van der Waals surface area contributed by atoms with Gasteiger partial charge in [0.2, 0.25) is 5.91 Å². The maximum absolute atomic E-state index is 14.4. The van der Waals surface area contributed by atoms with Gasteiger partial charge >= 0.3 is 0 Å². The Balaban J connectivity index is 0.00000289. The van der Waals surface area contributed by atoms with E-state index >= 15 is 0 Å². The molecule has 1 amide bonds. The number of benzene rings is 2. The van der Waals surface area contributed by atoms with Gasteiger partial charge in [-0.1, -0.05) is 17.7 Å². The summed E-state index contributed by atoms with van der Waals surface area (Å²) in [5, 5.41) is 10.0. The highest BCUT2D eigenvalue weighted by Crippen LogP contribution is 2.31. The minimum atomic E-state index is -0.718. The number of amides is 1. The van der Waals surface area contributed by atoms with E-state index in [2.05, 4.69) is 25.9 Å². The van der Waals surface area contributed by atoms with Gasteiger partial charge < -0.3 is 26.4 Å². The molecule has 8 nitrogen and oxygen atoms in total. The second-order valence-corrected chi connectivity index (χ2v) is 7.76. The molecule has 2 aromatic carbocycles. The summed E-state index contributed by atoms with van der Waals surface area (Å²) < 4.78 is 19.9. The highest BCUT2D eigenvalue weighted by atomic mass is 35.5. The van der Waals surface area contributed by atoms with Crippen LogP contribution >= 0.6 is 24.0 Å². The first-order valence-corrected chi connectivity index (χ1v) is 10.1. The largest absolute Gasteiger partial charge is 0.496 e. The van der Waals surface area contributed by atoms with Gasteiger partial charge in [-0.2, -0.15) is 0 Å². The minimum Gasteiger partial charge on any atom is -0.496 e. The van der Waals surface area contributed by atoms with E-state index in [0.717, 1.165) is 5.56 Å². The summed E-state index contributed by atoms with van der Waals surface area (Å²) in [4.78, 5) is 20.3.